The fourth-order valence-electron chi connectivity index (χ4n) is 7.37. The van der Waals surface area contributed by atoms with Gasteiger partial charge in [-0.25, -0.2) is 0 Å². The van der Waals surface area contributed by atoms with Gasteiger partial charge in [0.2, 0.25) is 0 Å². The van der Waals surface area contributed by atoms with Gasteiger partial charge in [-0.1, -0.05) is 12.1 Å². The third kappa shape index (κ3) is 3.34. The van der Waals surface area contributed by atoms with Crippen LogP contribution in [0, 0.1) is 13.8 Å². The number of aliphatic imine (C=N–C) groups is 2. The second kappa shape index (κ2) is 8.06. The maximum absolute atomic E-state index is 10.7. The van der Waals surface area contributed by atoms with E-state index in [2.05, 4.69) is 24.3 Å². The number of phenols is 2. The second-order valence-electron chi connectivity index (χ2n) is 11.4. The number of aromatic hydroxyl groups is 2. The van der Waals surface area contributed by atoms with Crippen LogP contribution in [0.1, 0.15) is 107 Å². The van der Waals surface area contributed by atoms with Crippen LogP contribution in [0.3, 0.4) is 0 Å². The third-order valence-corrected chi connectivity index (χ3v) is 9.31. The first-order valence-electron chi connectivity index (χ1n) is 13.4. The molecule has 0 saturated heterocycles. The van der Waals surface area contributed by atoms with E-state index < -0.39 is 0 Å². The van der Waals surface area contributed by atoms with Crippen LogP contribution in [-0.4, -0.2) is 22.6 Å². The van der Waals surface area contributed by atoms with Gasteiger partial charge in [0, 0.05) is 23.6 Å². The SMILES string of the molecule is Cc1ccc(C)c(N=Cc2cc3c(cc2O)C2CCC3C2)c1N=Cc1cc2c(cc1O)C1CCC2C1. The summed E-state index contributed by atoms with van der Waals surface area (Å²) in [5.41, 5.74) is 10.6. The molecule has 0 aromatic heterocycles. The molecule has 7 rings (SSSR count). The van der Waals surface area contributed by atoms with Crippen LogP contribution in [0.15, 0.2) is 46.4 Å². The Morgan fingerprint density at radius 1 is 0.611 bits per heavy atom. The zero-order valence-corrected chi connectivity index (χ0v) is 21.0. The highest BCUT2D eigenvalue weighted by molar-refractivity contribution is 5.91. The highest BCUT2D eigenvalue weighted by atomic mass is 16.3. The van der Waals surface area contributed by atoms with E-state index >= 15 is 0 Å². The van der Waals surface area contributed by atoms with Crippen molar-refractivity contribution in [1.29, 1.82) is 0 Å². The number of hydrogen-bond acceptors (Lipinski definition) is 4. The highest BCUT2D eigenvalue weighted by Gasteiger charge is 2.38. The van der Waals surface area contributed by atoms with Crippen LogP contribution >= 0.6 is 0 Å². The Balaban J connectivity index is 1.23. The topological polar surface area (TPSA) is 65.2 Å². The Kier molecular flexibility index (Phi) is 4.89. The van der Waals surface area contributed by atoms with Crippen molar-refractivity contribution in [1.82, 2.24) is 0 Å². The van der Waals surface area contributed by atoms with Crippen molar-refractivity contribution in [2.75, 3.05) is 0 Å². The summed E-state index contributed by atoms with van der Waals surface area (Å²) in [5.74, 6) is 3.11. The first kappa shape index (κ1) is 21.8. The lowest BCUT2D eigenvalue weighted by Gasteiger charge is -2.16. The summed E-state index contributed by atoms with van der Waals surface area (Å²) in [6, 6.07) is 12.3. The smallest absolute Gasteiger partial charge is 0.124 e. The van der Waals surface area contributed by atoms with Crippen LogP contribution in [0.4, 0.5) is 11.4 Å². The summed E-state index contributed by atoms with van der Waals surface area (Å²) in [4.78, 5) is 9.70. The van der Waals surface area contributed by atoms with Crippen molar-refractivity contribution < 1.29 is 10.2 Å². The third-order valence-electron chi connectivity index (χ3n) is 9.31. The fraction of sp³-hybridized carbons (Fsp3) is 0.375. The Morgan fingerprint density at radius 3 is 1.36 bits per heavy atom. The van der Waals surface area contributed by atoms with Crippen molar-refractivity contribution in [2.45, 2.75) is 76.0 Å². The molecule has 2 saturated carbocycles. The molecule has 0 radical (unpaired) electrons. The van der Waals surface area contributed by atoms with Crippen LogP contribution in [-0.2, 0) is 0 Å². The molecule has 4 atom stereocenters. The van der Waals surface area contributed by atoms with Gasteiger partial charge in [-0.15, -0.1) is 0 Å². The molecular formula is C32H32N2O2. The average Bonchev–Trinajstić information content (AvgIpc) is 3.66. The predicted octanol–water partition coefficient (Wildman–Crippen LogP) is 7.95. The lowest BCUT2D eigenvalue weighted by Crippen LogP contribution is -1.99. The van der Waals surface area contributed by atoms with E-state index in [9.17, 15) is 10.2 Å². The molecule has 4 heteroatoms. The zero-order valence-electron chi connectivity index (χ0n) is 21.0. The molecule has 36 heavy (non-hydrogen) atoms. The van der Waals surface area contributed by atoms with Gasteiger partial charge >= 0.3 is 0 Å². The van der Waals surface area contributed by atoms with Crippen molar-refractivity contribution in [3.05, 3.63) is 80.9 Å². The lowest BCUT2D eigenvalue weighted by atomic mass is 9.90. The number of phenolic OH excluding ortho intramolecular Hbond substituents is 2. The molecule has 4 aliphatic carbocycles. The first-order chi connectivity index (χ1) is 17.5. The van der Waals surface area contributed by atoms with Gasteiger partial charge in [-0.05, 0) is 134 Å². The van der Waals surface area contributed by atoms with Gasteiger partial charge in [0.1, 0.15) is 11.5 Å². The minimum Gasteiger partial charge on any atom is -0.507 e. The molecule has 3 aromatic carbocycles. The number of hydrogen-bond donors (Lipinski definition) is 2. The van der Waals surface area contributed by atoms with Crippen molar-refractivity contribution >= 4 is 23.8 Å². The largest absolute Gasteiger partial charge is 0.507 e. The van der Waals surface area contributed by atoms with Crippen molar-refractivity contribution in [3.63, 3.8) is 0 Å². The van der Waals surface area contributed by atoms with Gasteiger partial charge in [0.25, 0.3) is 0 Å². The van der Waals surface area contributed by atoms with E-state index in [1.54, 1.807) is 12.4 Å². The Bertz CT molecular complexity index is 1360. The molecule has 0 amide bonds. The molecule has 4 nitrogen and oxygen atoms in total. The van der Waals surface area contributed by atoms with Gasteiger partial charge in [0.15, 0.2) is 0 Å². The maximum atomic E-state index is 10.7. The van der Waals surface area contributed by atoms with Gasteiger partial charge in [-0.2, -0.15) is 0 Å². The molecule has 0 heterocycles. The monoisotopic (exact) mass is 476 g/mol. The molecule has 2 fully saturated rings. The summed E-state index contributed by atoms with van der Waals surface area (Å²) < 4.78 is 0. The molecule has 2 N–H and O–H groups in total. The minimum atomic E-state index is 0.303. The summed E-state index contributed by atoms with van der Waals surface area (Å²) in [5, 5.41) is 21.5. The van der Waals surface area contributed by atoms with Crippen LogP contribution in [0.25, 0.3) is 0 Å². The minimum absolute atomic E-state index is 0.303. The standard InChI is InChI=1S/C32H32N2O2/c1-17-3-4-18(2)32(34-16-24-12-26-20-6-8-22(10-20)28(26)14-30(24)36)31(17)33-15-23-11-25-19-5-7-21(9-19)27(25)13-29(23)35/h3-4,11-16,19-22,35-36H,5-10H2,1-2H3. The second-order valence-corrected chi connectivity index (χ2v) is 11.4. The van der Waals surface area contributed by atoms with Gasteiger partial charge in [-0.3, -0.25) is 9.98 Å². The predicted molar refractivity (Wildman–Crippen MR) is 145 cm³/mol. The number of aryl methyl sites for hydroxylation is 2. The molecule has 4 unspecified atom stereocenters. The zero-order chi connectivity index (χ0) is 24.6. The van der Waals surface area contributed by atoms with E-state index in [4.69, 9.17) is 9.98 Å². The Labute approximate surface area is 212 Å². The molecule has 4 bridgehead atoms. The van der Waals surface area contributed by atoms with Crippen molar-refractivity contribution in [3.8, 4) is 11.5 Å². The van der Waals surface area contributed by atoms with Gasteiger partial charge < -0.3 is 10.2 Å². The fourth-order valence-corrected chi connectivity index (χ4v) is 7.37. The average molecular weight is 477 g/mol. The number of fused-ring (bicyclic) bond motifs is 10. The Hall–Kier alpha value is -3.40. The Morgan fingerprint density at radius 2 is 0.972 bits per heavy atom. The molecule has 0 spiro atoms. The molecular weight excluding hydrogens is 444 g/mol. The van der Waals surface area contributed by atoms with E-state index in [-0.39, 0.29) is 0 Å². The molecule has 0 aliphatic heterocycles. The van der Waals surface area contributed by atoms with E-state index in [1.807, 2.05) is 26.0 Å². The van der Waals surface area contributed by atoms with Crippen LogP contribution < -0.4 is 0 Å². The maximum Gasteiger partial charge on any atom is 0.124 e. The lowest BCUT2D eigenvalue weighted by molar-refractivity contribution is 0.472. The molecule has 182 valence electrons. The number of benzene rings is 3. The van der Waals surface area contributed by atoms with E-state index in [1.165, 1.54) is 60.8 Å². The molecule has 3 aromatic rings. The number of nitrogens with zero attached hydrogens (tertiary/aromatic N) is 2. The van der Waals surface area contributed by atoms with Gasteiger partial charge in [0.05, 0.1) is 11.4 Å². The van der Waals surface area contributed by atoms with E-state index in [0.29, 0.717) is 35.2 Å². The summed E-state index contributed by atoms with van der Waals surface area (Å²) in [6.07, 6.45) is 11.0. The van der Waals surface area contributed by atoms with E-state index in [0.717, 1.165) is 33.6 Å². The molecule has 4 aliphatic rings. The van der Waals surface area contributed by atoms with Crippen LogP contribution in [0.2, 0.25) is 0 Å². The summed E-state index contributed by atoms with van der Waals surface area (Å²) >= 11 is 0. The summed E-state index contributed by atoms with van der Waals surface area (Å²) in [6.45, 7) is 4.08. The quantitative estimate of drug-likeness (QED) is 0.375. The summed E-state index contributed by atoms with van der Waals surface area (Å²) in [7, 11) is 0. The first-order valence-corrected chi connectivity index (χ1v) is 13.4. The van der Waals surface area contributed by atoms with Crippen molar-refractivity contribution in [2.24, 2.45) is 9.98 Å². The highest BCUT2D eigenvalue weighted by Crippen LogP contribution is 2.55. The van der Waals surface area contributed by atoms with Crippen LogP contribution in [0.5, 0.6) is 11.5 Å². The number of rotatable bonds is 4. The normalized spacial score (nSPS) is 25.4.